The van der Waals surface area contributed by atoms with Crippen molar-refractivity contribution in [2.45, 2.75) is 25.5 Å². The summed E-state index contributed by atoms with van der Waals surface area (Å²) >= 11 is 0. The minimum Gasteiger partial charge on any atom is -0.370 e. The molecule has 0 radical (unpaired) electrons. The molecule has 162 valence electrons. The van der Waals surface area contributed by atoms with Crippen LogP contribution in [0.3, 0.4) is 0 Å². The number of halogens is 4. The second-order valence-electron chi connectivity index (χ2n) is 7.31. The first kappa shape index (κ1) is 22.2. The van der Waals surface area contributed by atoms with Crippen LogP contribution < -0.4 is 0 Å². The van der Waals surface area contributed by atoms with Gasteiger partial charge in [-0.2, -0.15) is 8.78 Å². The molecule has 4 nitrogen and oxygen atoms in total. The fraction of sp³-hybridized carbons (Fsp3) is 0.409. The lowest BCUT2D eigenvalue weighted by atomic mass is 10.1. The first-order valence-electron chi connectivity index (χ1n) is 9.73. The van der Waals surface area contributed by atoms with Crippen LogP contribution in [-0.4, -0.2) is 60.8 Å². The van der Waals surface area contributed by atoms with Gasteiger partial charge < -0.3 is 9.64 Å². The number of ether oxygens (including phenoxy) is 1. The number of benzene rings is 2. The van der Waals surface area contributed by atoms with Gasteiger partial charge in [-0.25, -0.2) is 8.78 Å². The predicted molar refractivity (Wildman–Crippen MR) is 105 cm³/mol. The molecule has 30 heavy (non-hydrogen) atoms. The Morgan fingerprint density at radius 2 is 1.63 bits per heavy atom. The molecule has 0 N–H and O–H groups in total. The van der Waals surface area contributed by atoms with Gasteiger partial charge in [0.15, 0.2) is 0 Å². The molecule has 3 rings (SSSR count). The van der Waals surface area contributed by atoms with Crippen molar-refractivity contribution >= 4 is 5.91 Å². The van der Waals surface area contributed by atoms with Crippen molar-refractivity contribution in [1.82, 2.24) is 9.80 Å². The molecular formula is C22H24F4N2O2. The standard InChI is InChI=1S/C22H24F4N2O2/c23-21(24)22(25,26)16-30-15-18-7-4-8-19(13-18)20(29)28-11-9-27(10-12-28)14-17-5-2-1-3-6-17/h1-8,13,21H,9-12,14-16H2. The zero-order chi connectivity index (χ0) is 21.6. The molecule has 0 unspecified atom stereocenters. The number of rotatable bonds is 8. The summed E-state index contributed by atoms with van der Waals surface area (Å²) < 4.78 is 55.0. The molecule has 1 aliphatic heterocycles. The van der Waals surface area contributed by atoms with Crippen LogP contribution in [0.15, 0.2) is 54.6 Å². The molecule has 1 fully saturated rings. The Morgan fingerprint density at radius 3 is 2.30 bits per heavy atom. The van der Waals surface area contributed by atoms with Gasteiger partial charge in [-0.15, -0.1) is 0 Å². The monoisotopic (exact) mass is 424 g/mol. The maximum atomic E-state index is 12.9. The summed E-state index contributed by atoms with van der Waals surface area (Å²) in [6, 6.07) is 16.6. The molecule has 2 aromatic carbocycles. The Morgan fingerprint density at radius 1 is 0.967 bits per heavy atom. The topological polar surface area (TPSA) is 32.8 Å². The summed E-state index contributed by atoms with van der Waals surface area (Å²) in [4.78, 5) is 16.8. The van der Waals surface area contributed by atoms with Crippen LogP contribution in [0.2, 0.25) is 0 Å². The molecule has 0 saturated carbocycles. The van der Waals surface area contributed by atoms with Crippen LogP contribution in [0.1, 0.15) is 21.5 Å². The normalized spacial score (nSPS) is 15.6. The van der Waals surface area contributed by atoms with Crippen LogP contribution in [0.4, 0.5) is 17.6 Å². The highest BCUT2D eigenvalue weighted by Crippen LogP contribution is 2.23. The zero-order valence-corrected chi connectivity index (χ0v) is 16.4. The van der Waals surface area contributed by atoms with Gasteiger partial charge in [0.05, 0.1) is 6.61 Å². The average Bonchev–Trinajstić information content (AvgIpc) is 2.74. The van der Waals surface area contributed by atoms with Gasteiger partial charge in [0.2, 0.25) is 0 Å². The van der Waals surface area contributed by atoms with E-state index >= 15 is 0 Å². The Hall–Kier alpha value is -2.45. The van der Waals surface area contributed by atoms with Gasteiger partial charge in [-0.1, -0.05) is 42.5 Å². The first-order chi connectivity index (χ1) is 14.3. The van der Waals surface area contributed by atoms with E-state index in [1.165, 1.54) is 5.56 Å². The van der Waals surface area contributed by atoms with E-state index < -0.39 is 19.0 Å². The first-order valence-corrected chi connectivity index (χ1v) is 9.73. The smallest absolute Gasteiger partial charge is 0.330 e. The lowest BCUT2D eigenvalue weighted by Crippen LogP contribution is -2.48. The SMILES string of the molecule is O=C(c1cccc(COCC(F)(F)C(F)F)c1)N1CCN(Cc2ccccc2)CC1. The highest BCUT2D eigenvalue weighted by Gasteiger charge is 2.40. The number of amides is 1. The summed E-state index contributed by atoms with van der Waals surface area (Å²) in [6.07, 6.45) is -3.77. The Kier molecular flexibility index (Phi) is 7.44. The van der Waals surface area contributed by atoms with E-state index in [0.717, 1.165) is 19.6 Å². The molecule has 1 amide bonds. The number of carbonyl (C=O) groups is 1. The number of alkyl halides is 4. The molecule has 0 atom stereocenters. The second kappa shape index (κ2) is 10.0. The molecule has 0 aromatic heterocycles. The van der Waals surface area contributed by atoms with Gasteiger partial charge in [0, 0.05) is 38.3 Å². The number of hydrogen-bond donors (Lipinski definition) is 0. The Balaban J connectivity index is 1.50. The van der Waals surface area contributed by atoms with E-state index in [0.29, 0.717) is 24.2 Å². The third-order valence-corrected chi connectivity index (χ3v) is 4.96. The molecular weight excluding hydrogens is 400 g/mol. The third-order valence-electron chi connectivity index (χ3n) is 4.96. The predicted octanol–water partition coefficient (Wildman–Crippen LogP) is 4.06. The van der Waals surface area contributed by atoms with E-state index in [1.54, 1.807) is 29.2 Å². The van der Waals surface area contributed by atoms with Crippen molar-refractivity contribution < 1.29 is 27.1 Å². The van der Waals surface area contributed by atoms with Crippen molar-refractivity contribution in [2.24, 2.45) is 0 Å². The third kappa shape index (κ3) is 6.03. The lowest BCUT2D eigenvalue weighted by molar-refractivity contribution is -0.168. The maximum absolute atomic E-state index is 12.9. The molecule has 2 aromatic rings. The number of hydrogen-bond acceptors (Lipinski definition) is 3. The molecule has 0 bridgehead atoms. The number of piperazine rings is 1. The molecule has 1 aliphatic rings. The molecule has 0 aliphatic carbocycles. The van der Waals surface area contributed by atoms with E-state index in [2.05, 4.69) is 17.0 Å². The molecule has 1 saturated heterocycles. The average molecular weight is 424 g/mol. The minimum absolute atomic E-state index is 0.144. The summed E-state index contributed by atoms with van der Waals surface area (Å²) in [5, 5.41) is 0. The fourth-order valence-electron chi connectivity index (χ4n) is 3.30. The van der Waals surface area contributed by atoms with Gasteiger partial charge in [-0.3, -0.25) is 9.69 Å². The van der Waals surface area contributed by atoms with Crippen LogP contribution in [0, 0.1) is 0 Å². The highest BCUT2D eigenvalue weighted by atomic mass is 19.3. The van der Waals surface area contributed by atoms with Crippen molar-refractivity contribution in [3.05, 3.63) is 71.3 Å². The van der Waals surface area contributed by atoms with Gasteiger partial charge in [0.25, 0.3) is 5.91 Å². The van der Waals surface area contributed by atoms with Crippen LogP contribution in [0.5, 0.6) is 0 Å². The van der Waals surface area contributed by atoms with Gasteiger partial charge in [0.1, 0.15) is 6.61 Å². The quantitative estimate of drug-likeness (QED) is 0.599. The molecule has 8 heteroatoms. The number of nitrogens with zero attached hydrogens (tertiary/aromatic N) is 2. The summed E-state index contributed by atoms with van der Waals surface area (Å²) in [7, 11) is 0. The van der Waals surface area contributed by atoms with Crippen molar-refractivity contribution in [3.8, 4) is 0 Å². The van der Waals surface area contributed by atoms with Crippen LogP contribution in [0.25, 0.3) is 0 Å². The summed E-state index contributed by atoms with van der Waals surface area (Å²) in [5.74, 6) is -4.33. The van der Waals surface area contributed by atoms with Crippen molar-refractivity contribution in [1.29, 1.82) is 0 Å². The van der Waals surface area contributed by atoms with Crippen LogP contribution in [-0.2, 0) is 17.9 Å². The van der Waals surface area contributed by atoms with Crippen molar-refractivity contribution in [2.75, 3.05) is 32.8 Å². The Bertz CT molecular complexity index is 825. The lowest BCUT2D eigenvalue weighted by Gasteiger charge is -2.34. The maximum Gasteiger partial charge on any atom is 0.330 e. The minimum atomic E-state index is -4.19. The van der Waals surface area contributed by atoms with E-state index in [4.69, 9.17) is 4.74 Å². The molecule has 0 spiro atoms. The summed E-state index contributed by atoms with van der Waals surface area (Å²) in [6.45, 7) is 1.89. The van der Waals surface area contributed by atoms with Crippen LogP contribution >= 0.6 is 0 Å². The fourth-order valence-corrected chi connectivity index (χ4v) is 3.30. The molecule has 1 heterocycles. The Labute approximate surface area is 173 Å². The highest BCUT2D eigenvalue weighted by molar-refractivity contribution is 5.94. The van der Waals surface area contributed by atoms with Crippen molar-refractivity contribution in [3.63, 3.8) is 0 Å². The second-order valence-corrected chi connectivity index (χ2v) is 7.31. The van der Waals surface area contributed by atoms with Gasteiger partial charge >= 0.3 is 12.3 Å². The zero-order valence-electron chi connectivity index (χ0n) is 16.4. The number of carbonyl (C=O) groups excluding carboxylic acids is 1. The summed E-state index contributed by atoms with van der Waals surface area (Å²) in [5.41, 5.74) is 2.13. The van der Waals surface area contributed by atoms with Gasteiger partial charge in [-0.05, 0) is 23.3 Å². The van der Waals surface area contributed by atoms with E-state index in [9.17, 15) is 22.4 Å². The van der Waals surface area contributed by atoms with E-state index in [1.807, 2.05) is 18.2 Å². The van der Waals surface area contributed by atoms with E-state index in [-0.39, 0.29) is 12.5 Å². The largest absolute Gasteiger partial charge is 0.370 e.